The van der Waals surface area contributed by atoms with Gasteiger partial charge in [0.15, 0.2) is 10.8 Å². The molecular weight excluding hydrogens is 376 g/mol. The number of rotatable bonds is 7. The molecule has 0 atom stereocenters. The highest BCUT2D eigenvalue weighted by molar-refractivity contribution is 7.80. The van der Waals surface area contributed by atoms with Crippen LogP contribution in [0.4, 0.5) is 0 Å². The molecule has 2 aromatic heterocycles. The van der Waals surface area contributed by atoms with Crippen molar-refractivity contribution in [2.45, 2.75) is 43.9 Å². The molecule has 2 heterocycles. The van der Waals surface area contributed by atoms with Gasteiger partial charge in [0.1, 0.15) is 0 Å². The van der Waals surface area contributed by atoms with E-state index in [1.807, 2.05) is 13.1 Å². The molecule has 2 fully saturated rings. The number of aromatic nitrogens is 3. The number of hydrazine groups is 1. The van der Waals surface area contributed by atoms with Crippen molar-refractivity contribution in [2.24, 2.45) is 7.05 Å². The van der Waals surface area contributed by atoms with E-state index >= 15 is 0 Å². The third-order valence-electron chi connectivity index (χ3n) is 5.15. The van der Waals surface area contributed by atoms with Crippen LogP contribution in [-0.2, 0) is 11.8 Å². The van der Waals surface area contributed by atoms with Crippen LogP contribution >= 0.6 is 12.2 Å². The molecule has 0 aliphatic heterocycles. The Morgan fingerprint density at radius 1 is 1.29 bits per heavy atom. The molecule has 150 valence electrons. The number of amides is 1. The number of fused-ring (bicyclic) bond motifs is 1. The molecule has 28 heavy (non-hydrogen) atoms. The number of nitrogens with zero attached hydrogens (tertiary/aromatic N) is 3. The number of thiocarbonyl (C=S) groups is 1. The van der Waals surface area contributed by atoms with E-state index in [0.717, 1.165) is 54.5 Å². The Kier molecular flexibility index (Phi) is 5.45. The summed E-state index contributed by atoms with van der Waals surface area (Å²) in [5.41, 5.74) is 8.89. The largest absolute Gasteiger partial charge is 0.385 e. The zero-order valence-electron chi connectivity index (χ0n) is 16.2. The fourth-order valence-corrected chi connectivity index (χ4v) is 3.50. The number of aryl methyl sites for hydroxylation is 1. The SMILES string of the molecule is COCCCNC(=S)NNC(=O)c1cc(C2CC2)nc2c1c(C1CC1)nn2C. The summed E-state index contributed by atoms with van der Waals surface area (Å²) in [5.74, 6) is 0.664. The van der Waals surface area contributed by atoms with E-state index in [9.17, 15) is 4.79 Å². The number of carbonyl (C=O) groups is 1. The van der Waals surface area contributed by atoms with Crippen molar-refractivity contribution in [1.82, 2.24) is 30.9 Å². The summed E-state index contributed by atoms with van der Waals surface area (Å²) in [6.07, 6.45) is 5.32. The van der Waals surface area contributed by atoms with Gasteiger partial charge in [-0.2, -0.15) is 5.10 Å². The van der Waals surface area contributed by atoms with Crippen molar-refractivity contribution in [3.05, 3.63) is 23.0 Å². The highest BCUT2D eigenvalue weighted by Crippen LogP contribution is 2.45. The van der Waals surface area contributed by atoms with Gasteiger partial charge in [-0.05, 0) is 50.4 Å². The zero-order chi connectivity index (χ0) is 19.7. The molecule has 0 bridgehead atoms. The molecule has 0 saturated heterocycles. The summed E-state index contributed by atoms with van der Waals surface area (Å²) in [6.45, 7) is 1.33. The van der Waals surface area contributed by atoms with Crippen molar-refractivity contribution in [2.75, 3.05) is 20.3 Å². The fourth-order valence-electron chi connectivity index (χ4n) is 3.35. The molecule has 2 saturated carbocycles. The Morgan fingerprint density at radius 2 is 2.04 bits per heavy atom. The van der Waals surface area contributed by atoms with Gasteiger partial charge in [-0.15, -0.1) is 0 Å². The second-order valence-electron chi connectivity index (χ2n) is 7.53. The average Bonchev–Trinajstić information content (AvgIpc) is 3.60. The standard InChI is InChI=1S/C19H26N6O2S/c1-25-17-15(16(24-25)12-6-7-12)13(10-14(21-17)11-4-5-11)18(26)22-23-19(28)20-8-3-9-27-2/h10-12H,3-9H2,1-2H3,(H,22,26)(H2,20,23,28). The molecule has 0 aromatic carbocycles. The molecule has 0 spiro atoms. The number of pyridine rings is 1. The van der Waals surface area contributed by atoms with Crippen LogP contribution in [0, 0.1) is 0 Å². The second kappa shape index (κ2) is 8.00. The minimum Gasteiger partial charge on any atom is -0.385 e. The second-order valence-corrected chi connectivity index (χ2v) is 7.94. The number of nitrogens with one attached hydrogen (secondary N) is 3. The fraction of sp³-hybridized carbons (Fsp3) is 0.579. The van der Waals surface area contributed by atoms with Crippen molar-refractivity contribution in [3.8, 4) is 0 Å². The predicted octanol–water partition coefficient (Wildman–Crippen LogP) is 1.87. The zero-order valence-corrected chi connectivity index (χ0v) is 17.1. The Morgan fingerprint density at radius 3 is 2.71 bits per heavy atom. The first-order valence-electron chi connectivity index (χ1n) is 9.79. The van der Waals surface area contributed by atoms with Crippen LogP contribution in [0.1, 0.15) is 65.7 Å². The minimum atomic E-state index is -0.217. The van der Waals surface area contributed by atoms with Gasteiger partial charge in [0.05, 0.1) is 16.6 Å². The van der Waals surface area contributed by atoms with Crippen LogP contribution in [0.25, 0.3) is 11.0 Å². The first-order valence-corrected chi connectivity index (χ1v) is 10.2. The van der Waals surface area contributed by atoms with Gasteiger partial charge in [0.2, 0.25) is 0 Å². The summed E-state index contributed by atoms with van der Waals surface area (Å²) >= 11 is 5.22. The van der Waals surface area contributed by atoms with Crippen LogP contribution in [-0.4, -0.2) is 46.0 Å². The molecule has 4 rings (SSSR count). The van der Waals surface area contributed by atoms with E-state index < -0.39 is 0 Å². The number of ether oxygens (including phenoxy) is 1. The Hall–Kier alpha value is -2.26. The van der Waals surface area contributed by atoms with Crippen LogP contribution < -0.4 is 16.2 Å². The lowest BCUT2D eigenvalue weighted by Crippen LogP contribution is -2.47. The third kappa shape index (κ3) is 4.10. The van der Waals surface area contributed by atoms with Crippen LogP contribution in [0.2, 0.25) is 0 Å². The molecule has 9 heteroatoms. The molecule has 1 amide bonds. The maximum Gasteiger partial charge on any atom is 0.270 e. The van der Waals surface area contributed by atoms with Gasteiger partial charge in [0, 0.05) is 44.8 Å². The maximum atomic E-state index is 13.0. The molecular formula is C19H26N6O2S. The van der Waals surface area contributed by atoms with Gasteiger partial charge in [-0.3, -0.25) is 20.3 Å². The lowest BCUT2D eigenvalue weighted by molar-refractivity contribution is 0.0945. The number of hydrogen-bond donors (Lipinski definition) is 3. The van der Waals surface area contributed by atoms with Gasteiger partial charge in [0.25, 0.3) is 5.91 Å². The van der Waals surface area contributed by atoms with Gasteiger partial charge in [-0.1, -0.05) is 0 Å². The summed E-state index contributed by atoms with van der Waals surface area (Å²) in [4.78, 5) is 17.8. The highest BCUT2D eigenvalue weighted by Gasteiger charge is 2.33. The molecule has 0 radical (unpaired) electrons. The van der Waals surface area contributed by atoms with E-state index in [2.05, 4.69) is 21.3 Å². The molecule has 2 aliphatic rings. The maximum absolute atomic E-state index is 13.0. The number of hydrogen-bond acceptors (Lipinski definition) is 5. The summed E-state index contributed by atoms with van der Waals surface area (Å²) in [7, 11) is 3.56. The normalized spacial score (nSPS) is 16.2. The molecule has 8 nitrogen and oxygen atoms in total. The van der Waals surface area contributed by atoms with Gasteiger partial charge >= 0.3 is 0 Å². The Bertz CT molecular complexity index is 903. The van der Waals surface area contributed by atoms with Crippen molar-refractivity contribution < 1.29 is 9.53 Å². The monoisotopic (exact) mass is 402 g/mol. The van der Waals surface area contributed by atoms with Crippen LogP contribution in [0.15, 0.2) is 6.07 Å². The van der Waals surface area contributed by atoms with Crippen molar-refractivity contribution in [3.63, 3.8) is 0 Å². The quantitative estimate of drug-likeness (QED) is 0.370. The van der Waals surface area contributed by atoms with Crippen LogP contribution in [0.5, 0.6) is 0 Å². The lowest BCUT2D eigenvalue weighted by atomic mass is 10.1. The first-order chi connectivity index (χ1) is 13.6. The summed E-state index contributed by atoms with van der Waals surface area (Å²) in [5, 5.41) is 8.96. The van der Waals surface area contributed by atoms with Crippen LogP contribution in [0.3, 0.4) is 0 Å². The van der Waals surface area contributed by atoms with Crippen molar-refractivity contribution in [1.29, 1.82) is 0 Å². The third-order valence-corrected chi connectivity index (χ3v) is 5.39. The average molecular weight is 403 g/mol. The van der Waals surface area contributed by atoms with Gasteiger partial charge in [-0.25, -0.2) is 4.98 Å². The summed E-state index contributed by atoms with van der Waals surface area (Å²) < 4.78 is 6.81. The predicted molar refractivity (Wildman–Crippen MR) is 110 cm³/mol. The van der Waals surface area contributed by atoms with E-state index in [1.54, 1.807) is 11.8 Å². The van der Waals surface area contributed by atoms with E-state index in [-0.39, 0.29) is 5.91 Å². The topological polar surface area (TPSA) is 93.1 Å². The number of methoxy groups -OCH3 is 1. The first kappa shape index (κ1) is 19.1. The lowest BCUT2D eigenvalue weighted by Gasteiger charge is -2.13. The Labute approximate surface area is 169 Å². The van der Waals surface area contributed by atoms with E-state index in [0.29, 0.717) is 35.7 Å². The van der Waals surface area contributed by atoms with E-state index in [4.69, 9.17) is 21.9 Å². The van der Waals surface area contributed by atoms with E-state index in [1.165, 1.54) is 0 Å². The van der Waals surface area contributed by atoms with Gasteiger partial charge < -0.3 is 10.1 Å². The molecule has 2 aliphatic carbocycles. The minimum absolute atomic E-state index is 0.217. The molecule has 3 N–H and O–H groups in total. The number of carbonyl (C=O) groups excluding carboxylic acids is 1. The smallest absolute Gasteiger partial charge is 0.270 e. The Balaban J connectivity index is 1.53. The summed E-state index contributed by atoms with van der Waals surface area (Å²) in [6, 6.07) is 1.93. The molecule has 2 aromatic rings. The van der Waals surface area contributed by atoms with Crippen molar-refractivity contribution >= 4 is 34.3 Å². The molecule has 0 unspecified atom stereocenters. The highest BCUT2D eigenvalue weighted by atomic mass is 32.1.